The summed E-state index contributed by atoms with van der Waals surface area (Å²) in [5, 5.41) is 2.75. The zero-order valence-corrected chi connectivity index (χ0v) is 23.1. The molecule has 192 valence electrons. The van der Waals surface area contributed by atoms with Crippen molar-refractivity contribution < 1.29 is 22.7 Å². The van der Waals surface area contributed by atoms with Crippen molar-refractivity contribution in [1.29, 1.82) is 0 Å². The summed E-state index contributed by atoms with van der Waals surface area (Å²) in [6, 6.07) is 23.1. The van der Waals surface area contributed by atoms with Gasteiger partial charge < -0.3 is 9.47 Å². The average Bonchev–Trinajstić information content (AvgIpc) is 2.89. The number of aryl methyl sites for hydroxylation is 1. The molecule has 0 saturated carbocycles. The number of ether oxygens (including phenoxy) is 2. The number of alkyl halides is 1. The van der Waals surface area contributed by atoms with Crippen LogP contribution in [0.5, 0.6) is 5.75 Å². The van der Waals surface area contributed by atoms with Gasteiger partial charge in [-0.1, -0.05) is 52.3 Å². The number of halogens is 1. The van der Waals surface area contributed by atoms with E-state index in [0.717, 1.165) is 39.2 Å². The Balaban J connectivity index is 1.74. The molecule has 0 heterocycles. The van der Waals surface area contributed by atoms with Crippen molar-refractivity contribution in [1.82, 2.24) is 0 Å². The maximum atomic E-state index is 13.4. The van der Waals surface area contributed by atoms with Gasteiger partial charge in [0.2, 0.25) is 0 Å². The number of fused-ring (bicyclic) bond motifs is 1. The van der Waals surface area contributed by atoms with E-state index in [9.17, 15) is 13.2 Å². The van der Waals surface area contributed by atoms with Gasteiger partial charge in [-0.3, -0.25) is 4.72 Å². The molecule has 4 aromatic rings. The van der Waals surface area contributed by atoms with Crippen molar-refractivity contribution in [2.45, 2.75) is 25.2 Å². The summed E-state index contributed by atoms with van der Waals surface area (Å²) in [7, 11) is -3.89. The Labute approximate surface area is 225 Å². The van der Waals surface area contributed by atoms with Crippen molar-refractivity contribution in [3.8, 4) is 16.9 Å². The number of sulfonamides is 1. The SMILES string of the molecule is CCOC(=O)c1ccc(-c2c(NS(=O)(=O)c3ccc(OCCCBr)cc3)cc(C)c3ccccc23)cc1. The van der Waals surface area contributed by atoms with E-state index < -0.39 is 16.0 Å². The number of rotatable bonds is 10. The lowest BCUT2D eigenvalue weighted by molar-refractivity contribution is 0.0526. The van der Waals surface area contributed by atoms with E-state index in [4.69, 9.17) is 9.47 Å². The standard InChI is InChI=1S/C29H28BrNO5S/c1-3-35-29(32)22-11-9-21(10-12-22)28-26-8-5-4-7-25(26)20(2)19-27(28)31-37(33,34)24-15-13-23(14-16-24)36-18-6-17-30/h4-5,7-16,19,31H,3,6,17-18H2,1-2H3. The van der Waals surface area contributed by atoms with Crippen LogP contribution in [0, 0.1) is 6.92 Å². The quantitative estimate of drug-likeness (QED) is 0.124. The summed E-state index contributed by atoms with van der Waals surface area (Å²) in [6.07, 6.45) is 0.854. The third-order valence-electron chi connectivity index (χ3n) is 5.86. The lowest BCUT2D eigenvalue weighted by atomic mass is 9.93. The fourth-order valence-electron chi connectivity index (χ4n) is 4.10. The van der Waals surface area contributed by atoms with Crippen LogP contribution in [0.3, 0.4) is 0 Å². The van der Waals surface area contributed by atoms with Gasteiger partial charge in [-0.25, -0.2) is 13.2 Å². The van der Waals surface area contributed by atoms with E-state index in [2.05, 4.69) is 20.7 Å². The fourth-order valence-corrected chi connectivity index (χ4v) is 5.39. The van der Waals surface area contributed by atoms with E-state index >= 15 is 0 Å². The zero-order valence-electron chi connectivity index (χ0n) is 20.7. The van der Waals surface area contributed by atoms with Crippen LogP contribution in [-0.4, -0.2) is 32.9 Å². The number of carbonyl (C=O) groups is 1. The van der Waals surface area contributed by atoms with Crippen LogP contribution in [0.15, 0.2) is 83.8 Å². The highest BCUT2D eigenvalue weighted by Crippen LogP contribution is 2.38. The second kappa shape index (κ2) is 11.8. The number of carbonyl (C=O) groups excluding carboxylic acids is 1. The number of benzene rings is 4. The summed E-state index contributed by atoms with van der Waals surface area (Å²) >= 11 is 3.36. The molecule has 0 saturated heterocycles. The van der Waals surface area contributed by atoms with Gasteiger partial charge in [-0.15, -0.1) is 0 Å². The molecular formula is C29H28BrNO5S. The third-order valence-corrected chi connectivity index (χ3v) is 7.80. The molecule has 4 aromatic carbocycles. The Hall–Kier alpha value is -3.36. The Morgan fingerprint density at radius 3 is 2.27 bits per heavy atom. The second-order valence-corrected chi connectivity index (χ2v) is 10.9. The maximum Gasteiger partial charge on any atom is 0.338 e. The normalized spacial score (nSPS) is 11.3. The Bertz CT molecular complexity index is 1500. The smallest absolute Gasteiger partial charge is 0.338 e. The lowest BCUT2D eigenvalue weighted by Gasteiger charge is -2.18. The van der Waals surface area contributed by atoms with Gasteiger partial charge in [0.25, 0.3) is 10.0 Å². The van der Waals surface area contributed by atoms with Crippen molar-refractivity contribution in [3.63, 3.8) is 0 Å². The number of hydrogen-bond donors (Lipinski definition) is 1. The van der Waals surface area contributed by atoms with Gasteiger partial charge in [0.1, 0.15) is 5.75 Å². The van der Waals surface area contributed by atoms with Crippen LogP contribution in [-0.2, 0) is 14.8 Å². The van der Waals surface area contributed by atoms with E-state index in [1.165, 1.54) is 12.1 Å². The van der Waals surface area contributed by atoms with E-state index in [1.54, 1.807) is 43.3 Å². The molecule has 0 fully saturated rings. The fraction of sp³-hybridized carbons (Fsp3) is 0.207. The first-order valence-electron chi connectivity index (χ1n) is 12.0. The molecule has 0 spiro atoms. The molecule has 0 aliphatic carbocycles. The van der Waals surface area contributed by atoms with Gasteiger partial charge in [-0.05, 0) is 84.6 Å². The van der Waals surface area contributed by atoms with Crippen molar-refractivity contribution in [2.24, 2.45) is 0 Å². The molecule has 4 rings (SSSR count). The summed E-state index contributed by atoms with van der Waals surface area (Å²) in [5.41, 5.74) is 3.34. The van der Waals surface area contributed by atoms with Crippen LogP contribution >= 0.6 is 15.9 Å². The molecular weight excluding hydrogens is 554 g/mol. The Morgan fingerprint density at radius 2 is 1.62 bits per heavy atom. The minimum Gasteiger partial charge on any atom is -0.494 e. The van der Waals surface area contributed by atoms with Gasteiger partial charge in [-0.2, -0.15) is 0 Å². The van der Waals surface area contributed by atoms with E-state index in [1.807, 2.05) is 37.3 Å². The van der Waals surface area contributed by atoms with Crippen molar-refractivity contribution in [3.05, 3.63) is 90.0 Å². The first-order valence-corrected chi connectivity index (χ1v) is 14.6. The largest absolute Gasteiger partial charge is 0.494 e. The molecule has 0 aliphatic rings. The summed E-state index contributed by atoms with van der Waals surface area (Å²) in [6.45, 7) is 4.55. The second-order valence-electron chi connectivity index (χ2n) is 8.43. The molecule has 0 radical (unpaired) electrons. The molecule has 6 nitrogen and oxygen atoms in total. The van der Waals surface area contributed by atoms with Crippen molar-refractivity contribution >= 4 is 48.4 Å². The van der Waals surface area contributed by atoms with Crippen LogP contribution in [0.4, 0.5) is 5.69 Å². The first-order chi connectivity index (χ1) is 17.8. The molecule has 8 heteroatoms. The molecule has 0 unspecified atom stereocenters. The molecule has 0 amide bonds. The predicted molar refractivity (Wildman–Crippen MR) is 151 cm³/mol. The highest BCUT2D eigenvalue weighted by molar-refractivity contribution is 9.09. The van der Waals surface area contributed by atoms with Gasteiger partial charge in [0.15, 0.2) is 0 Å². The number of hydrogen-bond acceptors (Lipinski definition) is 5. The minimum absolute atomic E-state index is 0.134. The summed E-state index contributed by atoms with van der Waals surface area (Å²) in [5.74, 6) is 0.215. The zero-order chi connectivity index (χ0) is 26.4. The highest BCUT2D eigenvalue weighted by Gasteiger charge is 2.20. The van der Waals surface area contributed by atoms with Crippen LogP contribution in [0.25, 0.3) is 21.9 Å². The molecule has 0 aromatic heterocycles. The molecule has 0 atom stereocenters. The van der Waals surface area contributed by atoms with Crippen molar-refractivity contribution in [2.75, 3.05) is 23.3 Å². The number of anilines is 1. The molecule has 1 N–H and O–H groups in total. The first kappa shape index (κ1) is 26.7. The van der Waals surface area contributed by atoms with E-state index in [0.29, 0.717) is 30.2 Å². The Kier molecular flexibility index (Phi) is 8.51. The van der Waals surface area contributed by atoms with Crippen LogP contribution in [0.1, 0.15) is 29.3 Å². The predicted octanol–water partition coefficient (Wildman–Crippen LogP) is 6.96. The minimum atomic E-state index is -3.89. The number of nitrogens with one attached hydrogen (secondary N) is 1. The van der Waals surface area contributed by atoms with Gasteiger partial charge >= 0.3 is 5.97 Å². The monoisotopic (exact) mass is 581 g/mol. The van der Waals surface area contributed by atoms with E-state index in [-0.39, 0.29) is 4.90 Å². The molecule has 37 heavy (non-hydrogen) atoms. The van der Waals surface area contributed by atoms with Crippen LogP contribution in [0.2, 0.25) is 0 Å². The third kappa shape index (κ3) is 6.14. The average molecular weight is 583 g/mol. The lowest BCUT2D eigenvalue weighted by Crippen LogP contribution is -2.14. The van der Waals surface area contributed by atoms with Gasteiger partial charge in [0.05, 0.1) is 29.4 Å². The molecule has 0 bridgehead atoms. The summed E-state index contributed by atoms with van der Waals surface area (Å²) in [4.78, 5) is 12.3. The van der Waals surface area contributed by atoms with Crippen LogP contribution < -0.4 is 9.46 Å². The van der Waals surface area contributed by atoms with Gasteiger partial charge in [0, 0.05) is 10.9 Å². The maximum absolute atomic E-state index is 13.4. The topological polar surface area (TPSA) is 81.7 Å². The Morgan fingerprint density at radius 1 is 0.946 bits per heavy atom. The molecule has 0 aliphatic heterocycles. The highest BCUT2D eigenvalue weighted by atomic mass is 79.9. The summed E-state index contributed by atoms with van der Waals surface area (Å²) < 4.78 is 40.3. The number of esters is 1.